The predicted octanol–water partition coefficient (Wildman–Crippen LogP) is 4.13. The summed E-state index contributed by atoms with van der Waals surface area (Å²) >= 11 is 0. The number of rotatable bonds is 9. The van der Waals surface area contributed by atoms with Crippen LogP contribution in [0.15, 0.2) is 35.2 Å². The summed E-state index contributed by atoms with van der Waals surface area (Å²) in [5.41, 5.74) is 3.49. The largest absolute Gasteiger partial charge is 0.493 e. The van der Waals surface area contributed by atoms with Crippen molar-refractivity contribution in [3.63, 3.8) is 0 Å². The summed E-state index contributed by atoms with van der Waals surface area (Å²) < 4.78 is 39.2. The molecule has 0 bridgehead atoms. The van der Waals surface area contributed by atoms with Gasteiger partial charge in [-0.3, -0.25) is 4.79 Å². The molecule has 8 heteroatoms. The SMILES string of the molecule is CCCOc1ccc(CNC(=O)C2CCN(S(=O)(=O)c3c(C)cc(C)cc3C)CC2)cc1OC. The van der Waals surface area contributed by atoms with E-state index >= 15 is 0 Å². The van der Waals surface area contributed by atoms with Crippen molar-refractivity contribution in [1.82, 2.24) is 9.62 Å². The van der Waals surface area contributed by atoms with Gasteiger partial charge in [0.05, 0.1) is 18.6 Å². The highest BCUT2D eigenvalue weighted by Gasteiger charge is 2.33. The number of amides is 1. The molecule has 1 heterocycles. The Morgan fingerprint density at radius 2 is 1.71 bits per heavy atom. The summed E-state index contributed by atoms with van der Waals surface area (Å²) in [6, 6.07) is 9.44. The lowest BCUT2D eigenvalue weighted by atomic mass is 9.97. The number of carbonyl (C=O) groups excluding carboxylic acids is 1. The molecule has 0 saturated carbocycles. The Morgan fingerprint density at radius 3 is 2.29 bits per heavy atom. The van der Waals surface area contributed by atoms with E-state index in [1.807, 2.05) is 58.0 Å². The van der Waals surface area contributed by atoms with Crippen LogP contribution in [0, 0.1) is 26.7 Å². The van der Waals surface area contributed by atoms with Crippen molar-refractivity contribution in [2.45, 2.75) is 58.4 Å². The molecule has 1 aliphatic rings. The molecule has 1 fully saturated rings. The van der Waals surface area contributed by atoms with Gasteiger partial charge in [0.1, 0.15) is 0 Å². The topological polar surface area (TPSA) is 84.9 Å². The van der Waals surface area contributed by atoms with E-state index in [1.54, 1.807) is 7.11 Å². The first kappa shape index (κ1) is 26.0. The second kappa shape index (κ2) is 11.2. The highest BCUT2D eigenvalue weighted by molar-refractivity contribution is 7.89. The average Bonchev–Trinajstić information content (AvgIpc) is 2.80. The van der Waals surface area contributed by atoms with Gasteiger partial charge < -0.3 is 14.8 Å². The van der Waals surface area contributed by atoms with E-state index in [4.69, 9.17) is 9.47 Å². The second-order valence-electron chi connectivity index (χ2n) is 8.96. The van der Waals surface area contributed by atoms with Crippen molar-refractivity contribution in [2.75, 3.05) is 26.8 Å². The summed E-state index contributed by atoms with van der Waals surface area (Å²) in [4.78, 5) is 13.2. The fourth-order valence-corrected chi connectivity index (χ4v) is 6.43. The van der Waals surface area contributed by atoms with Gasteiger partial charge in [-0.05, 0) is 68.9 Å². The van der Waals surface area contributed by atoms with Crippen molar-refractivity contribution in [2.24, 2.45) is 5.92 Å². The lowest BCUT2D eigenvalue weighted by molar-refractivity contribution is -0.126. The van der Waals surface area contributed by atoms with Gasteiger partial charge >= 0.3 is 0 Å². The molecular weight excluding hydrogens is 452 g/mol. The Bertz CT molecular complexity index is 1100. The maximum absolute atomic E-state index is 13.3. The minimum atomic E-state index is -3.59. The van der Waals surface area contributed by atoms with Gasteiger partial charge in [-0.25, -0.2) is 8.42 Å². The molecule has 1 N–H and O–H groups in total. The number of sulfonamides is 1. The van der Waals surface area contributed by atoms with Gasteiger partial charge in [0.15, 0.2) is 11.5 Å². The number of nitrogens with one attached hydrogen (secondary N) is 1. The predicted molar refractivity (Wildman–Crippen MR) is 133 cm³/mol. The zero-order valence-electron chi connectivity index (χ0n) is 20.8. The molecule has 0 aliphatic carbocycles. The van der Waals surface area contributed by atoms with Gasteiger partial charge in [-0.1, -0.05) is 30.7 Å². The van der Waals surface area contributed by atoms with Crippen molar-refractivity contribution in [1.29, 1.82) is 0 Å². The molecule has 1 amide bonds. The first-order valence-corrected chi connectivity index (χ1v) is 13.3. The molecule has 0 aromatic heterocycles. The lowest BCUT2D eigenvalue weighted by Crippen LogP contribution is -2.43. The fourth-order valence-electron chi connectivity index (χ4n) is 4.55. The van der Waals surface area contributed by atoms with Crippen LogP contribution in [-0.2, 0) is 21.4 Å². The van der Waals surface area contributed by atoms with Crippen molar-refractivity contribution >= 4 is 15.9 Å². The number of piperidine rings is 1. The molecule has 186 valence electrons. The normalized spacial score (nSPS) is 15.2. The molecule has 0 unspecified atom stereocenters. The van der Waals surface area contributed by atoms with Gasteiger partial charge in [0.25, 0.3) is 0 Å². The van der Waals surface area contributed by atoms with Crippen LogP contribution in [0.3, 0.4) is 0 Å². The zero-order chi connectivity index (χ0) is 24.9. The van der Waals surface area contributed by atoms with Crippen molar-refractivity contribution in [3.05, 3.63) is 52.6 Å². The zero-order valence-corrected chi connectivity index (χ0v) is 21.6. The molecule has 1 aliphatic heterocycles. The average molecular weight is 489 g/mol. The summed E-state index contributed by atoms with van der Waals surface area (Å²) in [6.07, 6.45) is 1.91. The molecule has 34 heavy (non-hydrogen) atoms. The number of ether oxygens (including phenoxy) is 2. The minimum Gasteiger partial charge on any atom is -0.493 e. The van der Waals surface area contributed by atoms with E-state index in [0.29, 0.717) is 55.5 Å². The van der Waals surface area contributed by atoms with Crippen LogP contribution in [0.2, 0.25) is 0 Å². The van der Waals surface area contributed by atoms with E-state index in [2.05, 4.69) is 5.32 Å². The summed E-state index contributed by atoms with van der Waals surface area (Å²) in [7, 11) is -1.99. The highest BCUT2D eigenvalue weighted by atomic mass is 32.2. The third kappa shape index (κ3) is 5.91. The first-order valence-electron chi connectivity index (χ1n) is 11.8. The fraction of sp³-hybridized carbons (Fsp3) is 0.500. The molecular formula is C26H36N2O5S. The quantitative estimate of drug-likeness (QED) is 0.574. The minimum absolute atomic E-state index is 0.0509. The Labute approximate surface area is 203 Å². The smallest absolute Gasteiger partial charge is 0.243 e. The van der Waals surface area contributed by atoms with Crippen LogP contribution in [0.4, 0.5) is 0 Å². The van der Waals surface area contributed by atoms with Gasteiger partial charge in [-0.2, -0.15) is 4.31 Å². The van der Waals surface area contributed by atoms with Crippen LogP contribution in [0.25, 0.3) is 0 Å². The van der Waals surface area contributed by atoms with Crippen LogP contribution in [0.1, 0.15) is 48.4 Å². The van der Waals surface area contributed by atoms with Gasteiger partial charge in [0.2, 0.25) is 15.9 Å². The summed E-state index contributed by atoms with van der Waals surface area (Å²) in [6.45, 7) is 9.35. The standard InChI is InChI=1S/C26H36N2O5S/c1-6-13-33-23-8-7-21(16-24(23)32-5)17-27-26(29)22-9-11-28(12-10-22)34(30,31)25-19(3)14-18(2)15-20(25)4/h7-8,14-16,22H,6,9-13,17H2,1-5H3,(H,27,29). The summed E-state index contributed by atoms with van der Waals surface area (Å²) in [5.74, 6) is 1.07. The molecule has 0 atom stereocenters. The molecule has 7 nitrogen and oxygen atoms in total. The van der Waals surface area contributed by atoms with E-state index in [-0.39, 0.29) is 11.8 Å². The number of benzene rings is 2. The molecule has 1 saturated heterocycles. The molecule has 3 rings (SSSR count). The number of hydrogen-bond donors (Lipinski definition) is 1. The third-order valence-corrected chi connectivity index (χ3v) is 8.39. The van der Waals surface area contributed by atoms with E-state index in [1.165, 1.54) is 4.31 Å². The second-order valence-corrected chi connectivity index (χ2v) is 10.8. The third-order valence-electron chi connectivity index (χ3n) is 6.18. The maximum atomic E-state index is 13.3. The molecule has 0 spiro atoms. The van der Waals surface area contributed by atoms with E-state index < -0.39 is 10.0 Å². The molecule has 0 radical (unpaired) electrons. The maximum Gasteiger partial charge on any atom is 0.243 e. The van der Waals surface area contributed by atoms with Crippen LogP contribution < -0.4 is 14.8 Å². The van der Waals surface area contributed by atoms with Crippen LogP contribution in [0.5, 0.6) is 11.5 Å². The van der Waals surface area contributed by atoms with Crippen LogP contribution >= 0.6 is 0 Å². The van der Waals surface area contributed by atoms with Crippen molar-refractivity contribution in [3.8, 4) is 11.5 Å². The summed E-state index contributed by atoms with van der Waals surface area (Å²) in [5, 5.41) is 2.99. The number of carbonyl (C=O) groups is 1. The highest BCUT2D eigenvalue weighted by Crippen LogP contribution is 2.30. The molecule has 2 aromatic carbocycles. The lowest BCUT2D eigenvalue weighted by Gasteiger charge is -2.31. The van der Waals surface area contributed by atoms with Gasteiger partial charge in [-0.15, -0.1) is 0 Å². The monoisotopic (exact) mass is 488 g/mol. The van der Waals surface area contributed by atoms with Crippen LogP contribution in [-0.4, -0.2) is 45.4 Å². The Kier molecular flexibility index (Phi) is 8.60. The molecule has 2 aromatic rings. The Hall–Kier alpha value is -2.58. The van der Waals surface area contributed by atoms with Gasteiger partial charge in [0, 0.05) is 25.6 Å². The number of hydrogen-bond acceptors (Lipinski definition) is 5. The Morgan fingerprint density at radius 1 is 1.06 bits per heavy atom. The first-order chi connectivity index (χ1) is 16.2. The van der Waals surface area contributed by atoms with E-state index in [0.717, 1.165) is 28.7 Å². The van der Waals surface area contributed by atoms with Crippen molar-refractivity contribution < 1.29 is 22.7 Å². The number of nitrogens with zero attached hydrogens (tertiary/aromatic N) is 1. The van der Waals surface area contributed by atoms with E-state index in [9.17, 15) is 13.2 Å². The number of methoxy groups -OCH3 is 1. The Balaban J connectivity index is 1.58. The number of aryl methyl sites for hydroxylation is 3.